The molecule has 0 aliphatic carbocycles. The number of halogens is 4. The number of alkyl halides is 3. The highest BCUT2D eigenvalue weighted by molar-refractivity contribution is 6.05. The Bertz CT molecular complexity index is 2130. The van der Waals surface area contributed by atoms with Gasteiger partial charge in [0.15, 0.2) is 17.4 Å². The van der Waals surface area contributed by atoms with Crippen LogP contribution in [0.15, 0.2) is 67.1 Å². The summed E-state index contributed by atoms with van der Waals surface area (Å²) >= 11 is 0. The standard InChI is InChI=1S/C33H31F4N5O4.C5H9N3/c1-45-27-8-4-3-7-22(27)24-15-23(20-6-5-9-40(18-20)19-43)29(34)30-25(24)16-26(39-30)32(44)42-12-10-41(11-13-42)31-28(46-2)14-21(17-38-31)33(35,36)37;1-2-4-8-5-3-6-7-8/h3-4,6-8,14-17,19,39H,5,9-13,18H2,1-2H3;3,5H,2,4H2,1H3. The lowest BCUT2D eigenvalue weighted by Crippen LogP contribution is -2.49. The van der Waals surface area contributed by atoms with Crippen molar-refractivity contribution in [3.05, 3.63) is 89.8 Å². The van der Waals surface area contributed by atoms with Gasteiger partial charge in [-0.15, -0.1) is 5.10 Å². The number of aromatic amines is 1. The summed E-state index contributed by atoms with van der Waals surface area (Å²) in [6.45, 7) is 4.99. The van der Waals surface area contributed by atoms with Gasteiger partial charge < -0.3 is 29.2 Å². The number of carbonyl (C=O) groups excluding carboxylic acids is 2. The average Bonchev–Trinajstić information content (AvgIpc) is 3.89. The van der Waals surface area contributed by atoms with E-state index in [-0.39, 0.29) is 48.3 Å². The maximum absolute atomic E-state index is 16.3. The van der Waals surface area contributed by atoms with Crippen molar-refractivity contribution in [1.82, 2.24) is 34.8 Å². The molecule has 0 bridgehead atoms. The van der Waals surface area contributed by atoms with Gasteiger partial charge >= 0.3 is 6.18 Å². The largest absolute Gasteiger partial charge is 0.496 e. The van der Waals surface area contributed by atoms with Crippen molar-refractivity contribution < 1.29 is 36.6 Å². The lowest BCUT2D eigenvalue weighted by Gasteiger charge is -2.35. The highest BCUT2D eigenvalue weighted by atomic mass is 19.4. The van der Waals surface area contributed by atoms with Gasteiger partial charge in [-0.1, -0.05) is 36.4 Å². The third-order valence-corrected chi connectivity index (χ3v) is 9.33. The minimum Gasteiger partial charge on any atom is -0.496 e. The van der Waals surface area contributed by atoms with Crippen molar-refractivity contribution in [2.75, 3.05) is 58.4 Å². The Morgan fingerprint density at radius 1 is 0.981 bits per heavy atom. The number of hydrogen-bond donors (Lipinski definition) is 1. The monoisotopic (exact) mass is 748 g/mol. The molecule has 16 heteroatoms. The number of aryl methyl sites for hydroxylation is 1. The van der Waals surface area contributed by atoms with Crippen LogP contribution in [0.2, 0.25) is 0 Å². The first-order valence-corrected chi connectivity index (χ1v) is 17.4. The quantitative estimate of drug-likeness (QED) is 0.138. The summed E-state index contributed by atoms with van der Waals surface area (Å²) < 4.78 is 68.4. The maximum atomic E-state index is 16.3. The minimum atomic E-state index is -4.56. The summed E-state index contributed by atoms with van der Waals surface area (Å²) in [5.74, 6) is -0.0544. The molecule has 2 aliphatic heterocycles. The molecular weight excluding hydrogens is 708 g/mol. The molecule has 1 fully saturated rings. The van der Waals surface area contributed by atoms with Crippen molar-refractivity contribution in [2.24, 2.45) is 0 Å². The van der Waals surface area contributed by atoms with E-state index in [0.29, 0.717) is 59.5 Å². The lowest BCUT2D eigenvalue weighted by atomic mass is 9.93. The number of H-pyrrole nitrogens is 1. The molecule has 1 saturated heterocycles. The van der Waals surface area contributed by atoms with Crippen LogP contribution in [0, 0.1) is 5.82 Å². The molecule has 0 spiro atoms. The van der Waals surface area contributed by atoms with Gasteiger partial charge in [0.2, 0.25) is 6.41 Å². The molecule has 5 aromatic rings. The van der Waals surface area contributed by atoms with Gasteiger partial charge in [-0.25, -0.2) is 9.37 Å². The predicted molar refractivity (Wildman–Crippen MR) is 195 cm³/mol. The molecule has 284 valence electrons. The van der Waals surface area contributed by atoms with E-state index in [4.69, 9.17) is 9.47 Å². The van der Waals surface area contributed by atoms with Gasteiger partial charge in [0.1, 0.15) is 11.4 Å². The molecule has 0 unspecified atom stereocenters. The molecule has 5 heterocycles. The highest BCUT2D eigenvalue weighted by Crippen LogP contribution is 2.40. The predicted octanol–water partition coefficient (Wildman–Crippen LogP) is 6.30. The van der Waals surface area contributed by atoms with Crippen molar-refractivity contribution in [2.45, 2.75) is 32.5 Å². The first-order valence-electron chi connectivity index (χ1n) is 17.4. The Morgan fingerprint density at radius 2 is 1.74 bits per heavy atom. The smallest absolute Gasteiger partial charge is 0.418 e. The molecule has 0 radical (unpaired) electrons. The summed E-state index contributed by atoms with van der Waals surface area (Å²) in [6, 6.07) is 11.6. The van der Waals surface area contributed by atoms with Crippen LogP contribution < -0.4 is 14.4 Å². The molecule has 12 nitrogen and oxygen atoms in total. The summed E-state index contributed by atoms with van der Waals surface area (Å²) in [5, 5.41) is 7.92. The number of methoxy groups -OCH3 is 2. The number of rotatable bonds is 9. The number of carbonyl (C=O) groups is 2. The van der Waals surface area contributed by atoms with Crippen LogP contribution in [0.5, 0.6) is 11.5 Å². The number of pyridine rings is 1. The summed E-state index contributed by atoms with van der Waals surface area (Å²) in [4.78, 5) is 37.2. The number of hydrogen-bond acceptors (Lipinski definition) is 8. The van der Waals surface area contributed by atoms with E-state index in [1.807, 2.05) is 35.2 Å². The third-order valence-electron chi connectivity index (χ3n) is 9.33. The van der Waals surface area contributed by atoms with Gasteiger partial charge in [0.25, 0.3) is 5.91 Å². The third kappa shape index (κ3) is 8.01. The van der Waals surface area contributed by atoms with E-state index in [2.05, 4.69) is 27.2 Å². The van der Waals surface area contributed by atoms with Gasteiger partial charge in [-0.2, -0.15) is 13.2 Å². The van der Waals surface area contributed by atoms with Gasteiger partial charge in [-0.05, 0) is 48.2 Å². The van der Waals surface area contributed by atoms with Gasteiger partial charge in [0, 0.05) is 74.7 Å². The van der Waals surface area contributed by atoms with Crippen molar-refractivity contribution in [1.29, 1.82) is 0 Å². The molecule has 0 saturated carbocycles. The van der Waals surface area contributed by atoms with Crippen LogP contribution in [0.4, 0.5) is 23.4 Å². The number of nitrogens with zero attached hydrogens (tertiary/aromatic N) is 7. The fourth-order valence-electron chi connectivity index (χ4n) is 6.60. The summed E-state index contributed by atoms with van der Waals surface area (Å²) in [5.41, 5.74) is 1.80. The van der Waals surface area contributed by atoms with Crippen molar-refractivity contribution in [3.8, 4) is 22.6 Å². The number of benzene rings is 2. The fourth-order valence-corrected chi connectivity index (χ4v) is 6.60. The number of piperazine rings is 1. The number of para-hydroxylation sites is 1. The first-order chi connectivity index (χ1) is 26.1. The zero-order chi connectivity index (χ0) is 38.4. The number of amides is 2. The minimum absolute atomic E-state index is 0.00953. The Kier molecular flexibility index (Phi) is 11.5. The topological polar surface area (TPSA) is 122 Å². The number of aromatic nitrogens is 5. The lowest BCUT2D eigenvalue weighted by molar-refractivity contribution is -0.137. The number of ether oxygens (including phenoxy) is 2. The van der Waals surface area contributed by atoms with Crippen LogP contribution >= 0.6 is 0 Å². The molecule has 2 aromatic carbocycles. The van der Waals surface area contributed by atoms with Crippen molar-refractivity contribution >= 4 is 34.6 Å². The highest BCUT2D eigenvalue weighted by Gasteiger charge is 2.33. The van der Waals surface area contributed by atoms with Crippen LogP contribution in [-0.4, -0.2) is 101 Å². The van der Waals surface area contributed by atoms with Crippen LogP contribution in [0.3, 0.4) is 0 Å². The molecule has 2 aliphatic rings. The van der Waals surface area contributed by atoms with Crippen LogP contribution in [0.1, 0.15) is 41.4 Å². The van der Waals surface area contributed by atoms with E-state index in [1.54, 1.807) is 46.2 Å². The van der Waals surface area contributed by atoms with Crippen LogP contribution in [-0.2, 0) is 17.5 Å². The van der Waals surface area contributed by atoms with E-state index in [0.717, 1.165) is 31.6 Å². The Morgan fingerprint density at radius 3 is 2.41 bits per heavy atom. The second-order valence-electron chi connectivity index (χ2n) is 12.7. The Hall–Kier alpha value is -5.93. The zero-order valence-electron chi connectivity index (χ0n) is 30.1. The van der Waals surface area contributed by atoms with Crippen LogP contribution in [0.25, 0.3) is 27.6 Å². The molecule has 0 atom stereocenters. The second-order valence-corrected chi connectivity index (χ2v) is 12.7. The molecule has 7 rings (SSSR count). The van der Waals surface area contributed by atoms with E-state index in [9.17, 15) is 22.8 Å². The van der Waals surface area contributed by atoms with E-state index >= 15 is 4.39 Å². The van der Waals surface area contributed by atoms with E-state index < -0.39 is 17.6 Å². The average molecular weight is 749 g/mol. The summed E-state index contributed by atoms with van der Waals surface area (Å²) in [7, 11) is 2.83. The normalized spacial score (nSPS) is 14.7. The molecule has 54 heavy (non-hydrogen) atoms. The van der Waals surface area contributed by atoms with E-state index in [1.165, 1.54) is 7.11 Å². The maximum Gasteiger partial charge on any atom is 0.418 e. The molecule has 3 aromatic heterocycles. The summed E-state index contributed by atoms with van der Waals surface area (Å²) in [6.07, 6.45) is 4.14. The first kappa shape index (κ1) is 37.8. The van der Waals surface area contributed by atoms with Crippen molar-refractivity contribution in [3.63, 3.8) is 0 Å². The van der Waals surface area contributed by atoms with Gasteiger partial charge in [-0.3, -0.25) is 14.3 Å². The SMILES string of the molecule is CCCn1ccnn1.COc1ccccc1-c1cc(C2=CCCN(C=O)C2)c(F)c2[nH]c(C(=O)N3CCN(c4ncc(C(F)(F)F)cc4OC)CC3)cc12. The number of fused-ring (bicyclic) bond motifs is 1. The van der Waals surface area contributed by atoms with Gasteiger partial charge in [0.05, 0.1) is 31.5 Å². The Labute approximate surface area is 309 Å². The fraction of sp³-hybridized carbons (Fsp3) is 0.342. The number of nitrogens with one attached hydrogen (secondary N) is 1. The number of anilines is 1. The Balaban J connectivity index is 0.000000552. The molecule has 1 N–H and O–H groups in total. The second kappa shape index (κ2) is 16.4. The zero-order valence-corrected chi connectivity index (χ0v) is 30.1. The molecule has 2 amide bonds. The molecular formula is C38H40F4N8O4.